The zero-order valence-electron chi connectivity index (χ0n) is 16.8. The van der Waals surface area contributed by atoms with Gasteiger partial charge in [0, 0.05) is 0 Å². The molecule has 30 heavy (non-hydrogen) atoms. The van der Waals surface area contributed by atoms with Crippen molar-refractivity contribution in [2.75, 3.05) is 19.5 Å². The predicted molar refractivity (Wildman–Crippen MR) is 110 cm³/mol. The number of anilines is 1. The standard InChI is InChI=1S/C22H23N3O5/c1-29-18-9-12-7-8-16(14(12)10-19(18)30-2)23-20(26)11-17-22(28)24-15-6-4-3-5-13(15)21(27)25-17/h3-6,9-10,16-17H,7-8,11H2,1-2H3,(H,23,26)(H,24,28)(H,25,27)/t16?,17-/m0/s1. The van der Waals surface area contributed by atoms with Crippen LogP contribution in [0.2, 0.25) is 0 Å². The van der Waals surface area contributed by atoms with Gasteiger partial charge < -0.3 is 25.4 Å². The third-order valence-electron chi connectivity index (χ3n) is 5.50. The topological polar surface area (TPSA) is 106 Å². The first-order valence-corrected chi connectivity index (χ1v) is 9.75. The molecule has 2 aromatic carbocycles. The molecule has 2 atom stereocenters. The molecule has 1 heterocycles. The minimum absolute atomic E-state index is 0.148. The number of rotatable bonds is 5. The van der Waals surface area contributed by atoms with Gasteiger partial charge in [0.1, 0.15) is 6.04 Å². The van der Waals surface area contributed by atoms with Crippen molar-refractivity contribution in [3.63, 3.8) is 0 Å². The Bertz CT molecular complexity index is 1020. The molecule has 1 aliphatic heterocycles. The lowest BCUT2D eigenvalue weighted by Crippen LogP contribution is -2.44. The van der Waals surface area contributed by atoms with E-state index in [1.54, 1.807) is 38.5 Å². The number of hydrogen-bond acceptors (Lipinski definition) is 5. The Hall–Kier alpha value is -3.55. The Morgan fingerprint density at radius 1 is 1.13 bits per heavy atom. The van der Waals surface area contributed by atoms with E-state index in [9.17, 15) is 14.4 Å². The number of carbonyl (C=O) groups excluding carboxylic acids is 3. The summed E-state index contributed by atoms with van der Waals surface area (Å²) in [6.07, 6.45) is 1.40. The van der Waals surface area contributed by atoms with Crippen molar-refractivity contribution in [2.24, 2.45) is 0 Å². The summed E-state index contributed by atoms with van der Waals surface area (Å²) in [6.45, 7) is 0. The van der Waals surface area contributed by atoms with Crippen molar-refractivity contribution < 1.29 is 23.9 Å². The summed E-state index contributed by atoms with van der Waals surface area (Å²) in [5.74, 6) is 0.145. The van der Waals surface area contributed by atoms with Gasteiger partial charge in [-0.05, 0) is 48.2 Å². The molecule has 2 aromatic rings. The lowest BCUT2D eigenvalue weighted by Gasteiger charge is -2.19. The zero-order chi connectivity index (χ0) is 21.3. The van der Waals surface area contributed by atoms with E-state index in [0.717, 1.165) is 24.0 Å². The molecule has 1 aliphatic carbocycles. The fourth-order valence-corrected chi connectivity index (χ4v) is 3.98. The highest BCUT2D eigenvalue weighted by atomic mass is 16.5. The Labute approximate surface area is 173 Å². The van der Waals surface area contributed by atoms with Crippen LogP contribution in [0.25, 0.3) is 0 Å². The van der Waals surface area contributed by atoms with Gasteiger partial charge >= 0.3 is 0 Å². The summed E-state index contributed by atoms with van der Waals surface area (Å²) in [7, 11) is 3.15. The normalized spacial score (nSPS) is 19.7. The lowest BCUT2D eigenvalue weighted by molar-refractivity contribution is -0.126. The molecule has 2 aliphatic rings. The van der Waals surface area contributed by atoms with Crippen LogP contribution in [0.3, 0.4) is 0 Å². The van der Waals surface area contributed by atoms with E-state index in [1.165, 1.54) is 0 Å². The maximum atomic E-state index is 12.7. The molecule has 0 saturated carbocycles. The van der Waals surface area contributed by atoms with Gasteiger partial charge in [0.05, 0.1) is 37.9 Å². The summed E-state index contributed by atoms with van der Waals surface area (Å²) in [5.41, 5.74) is 2.88. The third kappa shape index (κ3) is 3.68. The molecule has 0 fully saturated rings. The van der Waals surface area contributed by atoms with E-state index in [0.29, 0.717) is 22.7 Å². The fourth-order valence-electron chi connectivity index (χ4n) is 3.98. The van der Waals surface area contributed by atoms with Gasteiger partial charge in [-0.25, -0.2) is 0 Å². The SMILES string of the molecule is COc1cc2c(cc1OC)C(NC(=O)C[C@@H]1NC(=O)c3ccccc3NC1=O)CC2. The Morgan fingerprint density at radius 2 is 1.87 bits per heavy atom. The maximum Gasteiger partial charge on any atom is 0.254 e. The second-order valence-electron chi connectivity index (χ2n) is 7.33. The Kier molecular flexibility index (Phi) is 5.31. The molecule has 0 spiro atoms. The van der Waals surface area contributed by atoms with E-state index >= 15 is 0 Å². The number of nitrogens with one attached hydrogen (secondary N) is 3. The quantitative estimate of drug-likeness (QED) is 0.700. The van der Waals surface area contributed by atoms with E-state index in [-0.39, 0.29) is 24.3 Å². The summed E-state index contributed by atoms with van der Waals surface area (Å²) in [5, 5.41) is 8.34. The van der Waals surface area contributed by atoms with Crippen molar-refractivity contribution in [1.29, 1.82) is 0 Å². The van der Waals surface area contributed by atoms with Crippen molar-refractivity contribution in [2.45, 2.75) is 31.3 Å². The molecule has 1 unspecified atom stereocenters. The summed E-state index contributed by atoms with van der Waals surface area (Å²) in [6, 6.07) is 9.42. The summed E-state index contributed by atoms with van der Waals surface area (Å²) >= 11 is 0. The number of para-hydroxylation sites is 1. The van der Waals surface area contributed by atoms with Crippen LogP contribution in [-0.4, -0.2) is 38.0 Å². The largest absolute Gasteiger partial charge is 0.493 e. The minimum Gasteiger partial charge on any atom is -0.493 e. The van der Waals surface area contributed by atoms with Gasteiger partial charge in [-0.1, -0.05) is 12.1 Å². The smallest absolute Gasteiger partial charge is 0.254 e. The molecule has 0 bridgehead atoms. The van der Waals surface area contributed by atoms with Gasteiger partial charge in [0.2, 0.25) is 11.8 Å². The van der Waals surface area contributed by atoms with Crippen molar-refractivity contribution in [1.82, 2.24) is 10.6 Å². The molecule has 0 radical (unpaired) electrons. The van der Waals surface area contributed by atoms with Crippen LogP contribution in [0.5, 0.6) is 11.5 Å². The van der Waals surface area contributed by atoms with Gasteiger partial charge in [0.25, 0.3) is 5.91 Å². The summed E-state index contributed by atoms with van der Waals surface area (Å²) in [4.78, 5) is 37.6. The van der Waals surface area contributed by atoms with E-state index in [1.807, 2.05) is 12.1 Å². The molecular weight excluding hydrogens is 386 g/mol. The molecule has 0 aromatic heterocycles. The van der Waals surface area contributed by atoms with E-state index < -0.39 is 11.9 Å². The van der Waals surface area contributed by atoms with Gasteiger partial charge in [-0.15, -0.1) is 0 Å². The molecule has 3 N–H and O–H groups in total. The van der Waals surface area contributed by atoms with E-state index in [4.69, 9.17) is 9.47 Å². The lowest BCUT2D eigenvalue weighted by atomic mass is 10.1. The van der Waals surface area contributed by atoms with Crippen molar-refractivity contribution >= 4 is 23.4 Å². The first-order chi connectivity index (χ1) is 14.5. The number of fused-ring (bicyclic) bond motifs is 2. The van der Waals surface area contributed by atoms with Crippen molar-refractivity contribution in [3.8, 4) is 11.5 Å². The molecule has 8 heteroatoms. The van der Waals surface area contributed by atoms with Crippen LogP contribution in [0, 0.1) is 0 Å². The first kappa shape index (κ1) is 19.8. The highest BCUT2D eigenvalue weighted by molar-refractivity contribution is 6.10. The number of carbonyl (C=O) groups is 3. The summed E-state index contributed by atoms with van der Waals surface area (Å²) < 4.78 is 10.7. The predicted octanol–water partition coefficient (Wildman–Crippen LogP) is 1.95. The highest BCUT2D eigenvalue weighted by Gasteiger charge is 2.31. The van der Waals surface area contributed by atoms with Crippen LogP contribution in [0.15, 0.2) is 36.4 Å². The number of ether oxygens (including phenoxy) is 2. The monoisotopic (exact) mass is 409 g/mol. The van der Waals surface area contributed by atoms with Crippen LogP contribution in [-0.2, 0) is 16.0 Å². The van der Waals surface area contributed by atoms with Gasteiger partial charge in [-0.3, -0.25) is 14.4 Å². The molecule has 4 rings (SSSR count). The van der Waals surface area contributed by atoms with E-state index in [2.05, 4.69) is 16.0 Å². The zero-order valence-corrected chi connectivity index (χ0v) is 16.8. The number of benzene rings is 2. The van der Waals surface area contributed by atoms with Crippen molar-refractivity contribution in [3.05, 3.63) is 53.1 Å². The second-order valence-corrected chi connectivity index (χ2v) is 7.33. The average molecular weight is 409 g/mol. The van der Waals surface area contributed by atoms with Gasteiger partial charge in [0.15, 0.2) is 11.5 Å². The molecule has 3 amide bonds. The fraction of sp³-hybridized carbons (Fsp3) is 0.318. The number of hydrogen-bond donors (Lipinski definition) is 3. The van der Waals surface area contributed by atoms with Gasteiger partial charge in [-0.2, -0.15) is 0 Å². The second kappa shape index (κ2) is 8.06. The minimum atomic E-state index is -0.948. The molecular formula is C22H23N3O5. The molecule has 8 nitrogen and oxygen atoms in total. The highest BCUT2D eigenvalue weighted by Crippen LogP contribution is 2.39. The van der Waals surface area contributed by atoms with Crippen LogP contribution in [0.1, 0.15) is 40.4 Å². The van der Waals surface area contributed by atoms with Crippen LogP contribution in [0.4, 0.5) is 5.69 Å². The Morgan fingerprint density at radius 3 is 2.63 bits per heavy atom. The molecule has 156 valence electrons. The molecule has 0 saturated heterocycles. The number of aryl methyl sites for hydroxylation is 1. The first-order valence-electron chi connectivity index (χ1n) is 9.75. The maximum absolute atomic E-state index is 12.7. The van der Waals surface area contributed by atoms with Crippen LogP contribution < -0.4 is 25.4 Å². The number of amides is 3. The van der Waals surface area contributed by atoms with Crippen LogP contribution >= 0.6 is 0 Å². The Balaban J connectivity index is 1.45. The third-order valence-corrected chi connectivity index (χ3v) is 5.50. The number of methoxy groups -OCH3 is 2. The average Bonchev–Trinajstić information content (AvgIpc) is 3.08.